The number of rotatable bonds is 3. The molecule has 0 amide bonds. The second kappa shape index (κ2) is 6.60. The zero-order valence-electron chi connectivity index (χ0n) is 15.0. The first kappa shape index (κ1) is 16.7. The van der Waals surface area contributed by atoms with Gasteiger partial charge in [0.25, 0.3) is 5.56 Å². The Bertz CT molecular complexity index is 1210. The molecule has 4 aromatic rings. The Morgan fingerprint density at radius 3 is 2.89 bits per heavy atom. The molecular formula is C21H18FN5O. The summed E-state index contributed by atoms with van der Waals surface area (Å²) in [5.41, 5.74) is 3.10. The van der Waals surface area contributed by atoms with Gasteiger partial charge in [-0.2, -0.15) is 10.1 Å². The largest absolute Gasteiger partial charge is 0.349 e. The number of anilines is 1. The number of nitrogens with one attached hydrogen (secondary N) is 2. The number of nitrogens with zero attached hydrogens (tertiary/aromatic N) is 3. The van der Waals surface area contributed by atoms with Crippen LogP contribution in [-0.2, 0) is 6.42 Å². The van der Waals surface area contributed by atoms with Crippen LogP contribution in [0.15, 0.2) is 59.5 Å². The normalized spacial score (nSPS) is 16.1. The first-order chi connectivity index (χ1) is 13.7. The van der Waals surface area contributed by atoms with E-state index in [0.717, 1.165) is 36.1 Å². The van der Waals surface area contributed by atoms with Crippen LogP contribution < -0.4 is 10.9 Å². The van der Waals surface area contributed by atoms with Crippen molar-refractivity contribution in [3.63, 3.8) is 0 Å². The van der Waals surface area contributed by atoms with Gasteiger partial charge in [-0.1, -0.05) is 24.3 Å². The summed E-state index contributed by atoms with van der Waals surface area (Å²) >= 11 is 0. The maximum Gasteiger partial charge on any atom is 0.263 e. The van der Waals surface area contributed by atoms with Gasteiger partial charge in [0.15, 0.2) is 5.65 Å². The Balaban J connectivity index is 1.56. The lowest BCUT2D eigenvalue weighted by Gasteiger charge is -2.26. The van der Waals surface area contributed by atoms with E-state index < -0.39 is 0 Å². The molecule has 0 spiro atoms. The van der Waals surface area contributed by atoms with Gasteiger partial charge in [0.1, 0.15) is 11.2 Å². The number of hydrogen-bond donors (Lipinski definition) is 2. The second-order valence-corrected chi connectivity index (χ2v) is 6.98. The first-order valence-corrected chi connectivity index (χ1v) is 9.27. The molecule has 5 rings (SSSR count). The molecule has 0 aliphatic heterocycles. The summed E-state index contributed by atoms with van der Waals surface area (Å²) < 4.78 is 15.4. The summed E-state index contributed by atoms with van der Waals surface area (Å²) in [6.07, 6.45) is 4.28. The lowest BCUT2D eigenvalue weighted by molar-refractivity contribution is 0.577. The van der Waals surface area contributed by atoms with Gasteiger partial charge in [0.05, 0.1) is 17.9 Å². The molecule has 0 saturated heterocycles. The molecule has 140 valence electrons. The van der Waals surface area contributed by atoms with Gasteiger partial charge in [-0.25, -0.2) is 9.07 Å². The molecule has 28 heavy (non-hydrogen) atoms. The van der Waals surface area contributed by atoms with Crippen molar-refractivity contribution in [3.8, 4) is 5.69 Å². The number of hydrogen-bond acceptors (Lipinski definition) is 4. The van der Waals surface area contributed by atoms with Gasteiger partial charge in [0, 0.05) is 0 Å². The summed E-state index contributed by atoms with van der Waals surface area (Å²) in [7, 11) is 0. The van der Waals surface area contributed by atoms with Crippen molar-refractivity contribution < 1.29 is 4.39 Å². The van der Waals surface area contributed by atoms with Crippen LogP contribution in [0.3, 0.4) is 0 Å². The van der Waals surface area contributed by atoms with Crippen molar-refractivity contribution in [1.82, 2.24) is 19.7 Å². The van der Waals surface area contributed by atoms with Gasteiger partial charge in [-0.15, -0.1) is 0 Å². The SMILES string of the molecule is O=c1[nH]c(NC2CCCc3ccc(F)cc32)nc2c1cnn2-c1ccccc1. The van der Waals surface area contributed by atoms with Crippen molar-refractivity contribution in [3.05, 3.63) is 82.0 Å². The van der Waals surface area contributed by atoms with Crippen LogP contribution in [0.2, 0.25) is 0 Å². The van der Waals surface area contributed by atoms with E-state index in [1.54, 1.807) is 10.7 Å². The van der Waals surface area contributed by atoms with E-state index in [0.29, 0.717) is 17.0 Å². The van der Waals surface area contributed by atoms with E-state index in [1.807, 2.05) is 36.4 Å². The smallest absolute Gasteiger partial charge is 0.263 e. The number of benzene rings is 2. The average molecular weight is 375 g/mol. The van der Waals surface area contributed by atoms with Crippen LogP contribution in [0.25, 0.3) is 16.7 Å². The quantitative estimate of drug-likeness (QED) is 0.572. The second-order valence-electron chi connectivity index (χ2n) is 6.98. The van der Waals surface area contributed by atoms with Gasteiger partial charge >= 0.3 is 0 Å². The highest BCUT2D eigenvalue weighted by atomic mass is 19.1. The van der Waals surface area contributed by atoms with Crippen molar-refractivity contribution in [2.75, 3.05) is 5.32 Å². The summed E-state index contributed by atoms with van der Waals surface area (Å²) in [5.74, 6) is 0.101. The van der Waals surface area contributed by atoms with Crippen molar-refractivity contribution in [2.45, 2.75) is 25.3 Å². The summed E-state index contributed by atoms with van der Waals surface area (Å²) in [6.45, 7) is 0. The number of aromatic nitrogens is 4. The topological polar surface area (TPSA) is 75.6 Å². The molecule has 1 unspecified atom stereocenters. The maximum absolute atomic E-state index is 13.8. The predicted octanol–water partition coefficient (Wildman–Crippen LogP) is 3.74. The van der Waals surface area contributed by atoms with E-state index in [1.165, 1.54) is 12.3 Å². The molecule has 1 atom stereocenters. The van der Waals surface area contributed by atoms with E-state index >= 15 is 0 Å². The number of halogens is 1. The van der Waals surface area contributed by atoms with Crippen LogP contribution in [0.1, 0.15) is 30.0 Å². The van der Waals surface area contributed by atoms with Crippen molar-refractivity contribution >= 4 is 17.0 Å². The third-order valence-electron chi connectivity index (χ3n) is 5.17. The van der Waals surface area contributed by atoms with Crippen LogP contribution in [0, 0.1) is 5.82 Å². The molecule has 0 bridgehead atoms. The minimum absolute atomic E-state index is 0.104. The molecule has 0 radical (unpaired) electrons. The number of fused-ring (bicyclic) bond motifs is 2. The molecule has 2 N–H and O–H groups in total. The Morgan fingerprint density at radius 2 is 2.04 bits per heavy atom. The van der Waals surface area contributed by atoms with E-state index in [-0.39, 0.29) is 17.4 Å². The predicted molar refractivity (Wildman–Crippen MR) is 105 cm³/mol. The summed E-state index contributed by atoms with van der Waals surface area (Å²) in [4.78, 5) is 19.9. The van der Waals surface area contributed by atoms with Crippen LogP contribution in [0.4, 0.5) is 10.3 Å². The molecule has 7 heteroatoms. The molecule has 1 aliphatic rings. The third-order valence-corrected chi connectivity index (χ3v) is 5.17. The molecule has 2 heterocycles. The van der Waals surface area contributed by atoms with Crippen molar-refractivity contribution in [2.24, 2.45) is 0 Å². The molecule has 2 aromatic carbocycles. The highest BCUT2D eigenvalue weighted by Gasteiger charge is 2.22. The highest BCUT2D eigenvalue weighted by molar-refractivity contribution is 5.76. The average Bonchev–Trinajstić information content (AvgIpc) is 3.14. The number of para-hydroxylation sites is 1. The van der Waals surface area contributed by atoms with Gasteiger partial charge in [0.2, 0.25) is 5.95 Å². The third kappa shape index (κ3) is 2.85. The van der Waals surface area contributed by atoms with E-state index in [4.69, 9.17) is 0 Å². The Kier molecular flexibility index (Phi) is 3.93. The number of H-pyrrole nitrogens is 1. The monoisotopic (exact) mass is 375 g/mol. The lowest BCUT2D eigenvalue weighted by Crippen LogP contribution is -2.21. The van der Waals surface area contributed by atoms with Crippen molar-refractivity contribution in [1.29, 1.82) is 0 Å². The standard InChI is InChI=1S/C21H18FN5O/c22-14-10-9-13-5-4-8-18(16(13)11-14)24-21-25-19-17(20(28)26-21)12-23-27(19)15-6-2-1-3-7-15/h1-3,6-7,9-12,18H,4-5,8H2,(H2,24,25,26,28). The Labute approximate surface area is 160 Å². The minimum atomic E-state index is -0.259. The molecule has 1 aliphatic carbocycles. The molecule has 2 aromatic heterocycles. The van der Waals surface area contributed by atoms with Gasteiger partial charge in [-0.05, 0) is 54.7 Å². The Hall–Kier alpha value is -3.48. The van der Waals surface area contributed by atoms with Gasteiger partial charge < -0.3 is 5.32 Å². The van der Waals surface area contributed by atoms with E-state index in [9.17, 15) is 9.18 Å². The zero-order chi connectivity index (χ0) is 19.1. The fourth-order valence-electron chi connectivity index (χ4n) is 3.83. The highest BCUT2D eigenvalue weighted by Crippen LogP contribution is 2.32. The first-order valence-electron chi connectivity index (χ1n) is 9.27. The molecule has 6 nitrogen and oxygen atoms in total. The fraction of sp³-hybridized carbons (Fsp3) is 0.190. The zero-order valence-corrected chi connectivity index (χ0v) is 15.0. The molecule has 0 saturated carbocycles. The lowest BCUT2D eigenvalue weighted by atomic mass is 9.87. The number of aryl methyl sites for hydroxylation is 1. The molecular weight excluding hydrogens is 357 g/mol. The van der Waals surface area contributed by atoms with E-state index in [2.05, 4.69) is 20.4 Å². The van der Waals surface area contributed by atoms with Crippen LogP contribution in [-0.4, -0.2) is 19.7 Å². The molecule has 0 fully saturated rings. The van der Waals surface area contributed by atoms with Gasteiger partial charge in [-0.3, -0.25) is 9.78 Å². The van der Waals surface area contributed by atoms with Crippen LogP contribution in [0.5, 0.6) is 0 Å². The fourth-order valence-corrected chi connectivity index (χ4v) is 3.83. The van der Waals surface area contributed by atoms with Crippen LogP contribution >= 0.6 is 0 Å². The summed E-state index contributed by atoms with van der Waals surface area (Å²) in [6, 6.07) is 14.3. The Morgan fingerprint density at radius 1 is 1.18 bits per heavy atom. The number of aromatic amines is 1. The summed E-state index contributed by atoms with van der Waals surface area (Å²) in [5, 5.41) is 8.03. The maximum atomic E-state index is 13.8. The minimum Gasteiger partial charge on any atom is -0.349 e.